The van der Waals surface area contributed by atoms with E-state index in [9.17, 15) is 0 Å². The average Bonchev–Trinajstić information content (AvgIpc) is 2.46. The standard InChI is InChI=1S/C9H9NS.C7H17N/c1-2-8-3-5-9(6-4-8)11-7-10;1-4-6-7-8(3)5-2/h3-6H,2H2,1H3;4-7H2,1-3H3. The van der Waals surface area contributed by atoms with Gasteiger partial charge in [0.1, 0.15) is 5.40 Å². The first-order valence-electron chi connectivity index (χ1n) is 7.01. The van der Waals surface area contributed by atoms with E-state index < -0.39 is 0 Å². The third kappa shape index (κ3) is 9.58. The van der Waals surface area contributed by atoms with Crippen LogP contribution in [-0.4, -0.2) is 25.0 Å². The Morgan fingerprint density at radius 1 is 1.16 bits per heavy atom. The van der Waals surface area contributed by atoms with Crippen LogP contribution in [0, 0.1) is 10.7 Å². The van der Waals surface area contributed by atoms with Crippen LogP contribution < -0.4 is 0 Å². The van der Waals surface area contributed by atoms with Gasteiger partial charge in [0.25, 0.3) is 0 Å². The minimum absolute atomic E-state index is 1.02. The van der Waals surface area contributed by atoms with Crippen LogP contribution in [0.15, 0.2) is 29.2 Å². The van der Waals surface area contributed by atoms with Crippen molar-refractivity contribution < 1.29 is 0 Å². The van der Waals surface area contributed by atoms with Crippen LogP contribution in [-0.2, 0) is 6.42 Å². The summed E-state index contributed by atoms with van der Waals surface area (Å²) in [6.45, 7) is 8.97. The Morgan fingerprint density at radius 2 is 1.79 bits per heavy atom. The van der Waals surface area contributed by atoms with Gasteiger partial charge in [-0.15, -0.1) is 0 Å². The first kappa shape index (κ1) is 18.0. The van der Waals surface area contributed by atoms with E-state index in [1.807, 2.05) is 17.5 Å². The summed E-state index contributed by atoms with van der Waals surface area (Å²) in [5.41, 5.74) is 1.31. The molecule has 0 fully saturated rings. The number of rotatable bonds is 6. The Bertz CT molecular complexity index is 354. The molecule has 3 heteroatoms. The second kappa shape index (κ2) is 12.1. The van der Waals surface area contributed by atoms with Gasteiger partial charge in [-0.25, -0.2) is 0 Å². The topological polar surface area (TPSA) is 27.0 Å². The normalized spacial score (nSPS) is 9.68. The Balaban J connectivity index is 0.000000362. The van der Waals surface area contributed by atoms with Crippen LogP contribution in [0.4, 0.5) is 0 Å². The van der Waals surface area contributed by atoms with E-state index in [1.54, 1.807) is 0 Å². The molecule has 0 N–H and O–H groups in total. The fraction of sp³-hybridized carbons (Fsp3) is 0.562. The summed E-state index contributed by atoms with van der Waals surface area (Å²) in [7, 11) is 2.16. The summed E-state index contributed by atoms with van der Waals surface area (Å²) in [6.07, 6.45) is 3.70. The molecule has 1 rings (SSSR count). The summed E-state index contributed by atoms with van der Waals surface area (Å²) >= 11 is 1.20. The van der Waals surface area contributed by atoms with E-state index in [0.717, 1.165) is 11.3 Å². The predicted octanol–water partition coefficient (Wildman–Crippen LogP) is 4.56. The molecule has 0 saturated carbocycles. The number of hydrogen-bond acceptors (Lipinski definition) is 3. The fourth-order valence-corrected chi connectivity index (χ4v) is 1.81. The van der Waals surface area contributed by atoms with Crippen molar-refractivity contribution in [3.05, 3.63) is 29.8 Å². The maximum atomic E-state index is 8.36. The van der Waals surface area contributed by atoms with Crippen molar-refractivity contribution >= 4 is 11.8 Å². The number of thioether (sulfide) groups is 1. The highest BCUT2D eigenvalue weighted by Gasteiger charge is 1.91. The second-order valence-electron chi connectivity index (χ2n) is 4.44. The Hall–Kier alpha value is -0.980. The molecule has 0 aliphatic heterocycles. The van der Waals surface area contributed by atoms with E-state index in [-0.39, 0.29) is 0 Å². The smallest absolute Gasteiger partial charge is 0.138 e. The van der Waals surface area contributed by atoms with E-state index in [0.29, 0.717) is 0 Å². The number of nitriles is 1. The van der Waals surface area contributed by atoms with Gasteiger partial charge < -0.3 is 4.90 Å². The molecule has 0 saturated heterocycles. The highest BCUT2D eigenvalue weighted by Crippen LogP contribution is 2.16. The van der Waals surface area contributed by atoms with E-state index >= 15 is 0 Å². The third-order valence-corrected chi connectivity index (χ3v) is 3.53. The van der Waals surface area contributed by atoms with Crippen LogP contribution in [0.1, 0.15) is 39.2 Å². The molecule has 0 aliphatic rings. The van der Waals surface area contributed by atoms with Crippen molar-refractivity contribution in [2.75, 3.05) is 20.1 Å². The minimum atomic E-state index is 1.02. The van der Waals surface area contributed by atoms with Gasteiger partial charge in [-0.05, 0) is 62.4 Å². The van der Waals surface area contributed by atoms with Gasteiger partial charge in [0.05, 0.1) is 0 Å². The minimum Gasteiger partial charge on any atom is -0.307 e. The van der Waals surface area contributed by atoms with Crippen molar-refractivity contribution in [2.45, 2.75) is 44.9 Å². The van der Waals surface area contributed by atoms with Gasteiger partial charge in [-0.1, -0.05) is 39.3 Å². The SMILES string of the molecule is CCCCN(C)CC.CCc1ccc(SC#N)cc1. The summed E-state index contributed by atoms with van der Waals surface area (Å²) in [4.78, 5) is 3.36. The summed E-state index contributed by atoms with van der Waals surface area (Å²) in [6, 6.07) is 8.07. The summed E-state index contributed by atoms with van der Waals surface area (Å²) in [5.74, 6) is 0. The number of benzene rings is 1. The van der Waals surface area contributed by atoms with E-state index in [2.05, 4.69) is 44.9 Å². The highest BCUT2D eigenvalue weighted by atomic mass is 32.2. The van der Waals surface area contributed by atoms with Crippen LogP contribution in [0.3, 0.4) is 0 Å². The van der Waals surface area contributed by atoms with Crippen molar-refractivity contribution in [2.24, 2.45) is 0 Å². The van der Waals surface area contributed by atoms with Crippen LogP contribution in [0.2, 0.25) is 0 Å². The molecule has 0 unspecified atom stereocenters. The van der Waals surface area contributed by atoms with Gasteiger partial charge in [0.15, 0.2) is 0 Å². The zero-order valence-electron chi connectivity index (χ0n) is 12.6. The fourth-order valence-electron chi connectivity index (χ4n) is 1.43. The maximum absolute atomic E-state index is 8.36. The van der Waals surface area contributed by atoms with Gasteiger partial charge in [-0.3, -0.25) is 0 Å². The number of thiocyanates is 1. The third-order valence-electron chi connectivity index (χ3n) is 2.93. The van der Waals surface area contributed by atoms with Crippen LogP contribution in [0.25, 0.3) is 0 Å². The maximum Gasteiger partial charge on any atom is 0.138 e. The van der Waals surface area contributed by atoms with Crippen molar-refractivity contribution in [3.63, 3.8) is 0 Å². The quantitative estimate of drug-likeness (QED) is 0.564. The second-order valence-corrected chi connectivity index (χ2v) is 5.30. The van der Waals surface area contributed by atoms with Crippen LogP contribution in [0.5, 0.6) is 0 Å². The molecule has 0 radical (unpaired) electrons. The lowest BCUT2D eigenvalue weighted by molar-refractivity contribution is 0.346. The Labute approximate surface area is 122 Å². The zero-order valence-corrected chi connectivity index (χ0v) is 13.5. The molecule has 2 nitrogen and oxygen atoms in total. The number of aryl methyl sites for hydroxylation is 1. The monoisotopic (exact) mass is 278 g/mol. The van der Waals surface area contributed by atoms with E-state index in [4.69, 9.17) is 5.26 Å². The van der Waals surface area contributed by atoms with Crippen LogP contribution >= 0.6 is 11.8 Å². The van der Waals surface area contributed by atoms with Gasteiger partial charge in [-0.2, -0.15) is 5.26 Å². The molecule has 19 heavy (non-hydrogen) atoms. The lowest BCUT2D eigenvalue weighted by Gasteiger charge is -2.11. The lowest BCUT2D eigenvalue weighted by atomic mass is 10.2. The molecular formula is C16H26N2S. The molecule has 1 aromatic rings. The molecule has 0 spiro atoms. The largest absolute Gasteiger partial charge is 0.307 e. The molecule has 0 aromatic heterocycles. The summed E-state index contributed by atoms with van der Waals surface area (Å²) < 4.78 is 0. The lowest BCUT2D eigenvalue weighted by Crippen LogP contribution is -2.18. The molecule has 0 atom stereocenters. The van der Waals surface area contributed by atoms with Crippen molar-refractivity contribution in [1.29, 1.82) is 5.26 Å². The molecule has 1 aromatic carbocycles. The highest BCUT2D eigenvalue weighted by molar-refractivity contribution is 8.03. The number of nitrogens with zero attached hydrogens (tertiary/aromatic N) is 2. The van der Waals surface area contributed by atoms with Gasteiger partial charge in [0.2, 0.25) is 0 Å². The first-order chi connectivity index (χ1) is 9.17. The Morgan fingerprint density at radius 3 is 2.21 bits per heavy atom. The molecule has 0 heterocycles. The first-order valence-corrected chi connectivity index (χ1v) is 7.82. The molecular weight excluding hydrogens is 252 g/mol. The Kier molecular flexibility index (Phi) is 11.5. The molecule has 0 bridgehead atoms. The van der Waals surface area contributed by atoms with Crippen molar-refractivity contribution in [3.8, 4) is 5.40 Å². The summed E-state index contributed by atoms with van der Waals surface area (Å²) in [5, 5.41) is 10.4. The van der Waals surface area contributed by atoms with Gasteiger partial charge in [0, 0.05) is 4.90 Å². The van der Waals surface area contributed by atoms with E-state index in [1.165, 1.54) is 43.3 Å². The number of hydrogen-bond donors (Lipinski definition) is 0. The number of unbranched alkanes of at least 4 members (excludes halogenated alkanes) is 1. The van der Waals surface area contributed by atoms with Crippen molar-refractivity contribution in [1.82, 2.24) is 4.90 Å². The molecule has 0 amide bonds. The van der Waals surface area contributed by atoms with Gasteiger partial charge >= 0.3 is 0 Å². The molecule has 106 valence electrons. The average molecular weight is 278 g/mol. The predicted molar refractivity (Wildman–Crippen MR) is 85.4 cm³/mol. The molecule has 0 aliphatic carbocycles. The zero-order chi connectivity index (χ0) is 14.5.